The number of amides is 1. The molecule has 0 saturated heterocycles. The van der Waals surface area contributed by atoms with Crippen LogP contribution in [0.2, 0.25) is 0 Å². The molecule has 30 heavy (non-hydrogen) atoms. The van der Waals surface area contributed by atoms with Crippen molar-refractivity contribution in [2.45, 2.75) is 46.5 Å². The Bertz CT molecular complexity index is 977. The van der Waals surface area contributed by atoms with Gasteiger partial charge in [-0.05, 0) is 51.3 Å². The highest BCUT2D eigenvalue weighted by molar-refractivity contribution is 5.84. The van der Waals surface area contributed by atoms with Gasteiger partial charge < -0.3 is 15.2 Å². The van der Waals surface area contributed by atoms with Crippen molar-refractivity contribution in [3.63, 3.8) is 0 Å². The maximum absolute atomic E-state index is 12.1. The van der Waals surface area contributed by atoms with E-state index in [2.05, 4.69) is 11.1 Å². The lowest BCUT2D eigenvalue weighted by molar-refractivity contribution is -0.118. The highest BCUT2D eigenvalue weighted by atomic mass is 16.5. The van der Waals surface area contributed by atoms with Crippen LogP contribution in [0.25, 0.3) is 0 Å². The van der Waals surface area contributed by atoms with Crippen LogP contribution in [0.5, 0.6) is 5.88 Å². The predicted molar refractivity (Wildman–Crippen MR) is 117 cm³/mol. The van der Waals surface area contributed by atoms with E-state index in [1.165, 1.54) is 7.11 Å². The molecule has 1 heterocycles. The molecular formula is C23H28N4O3. The number of nitrogens with zero attached hydrogens (tertiary/aromatic N) is 3. The van der Waals surface area contributed by atoms with Gasteiger partial charge in [-0.15, -0.1) is 0 Å². The van der Waals surface area contributed by atoms with Crippen molar-refractivity contribution in [1.29, 1.82) is 5.26 Å². The Hall–Kier alpha value is -3.40. The fourth-order valence-electron chi connectivity index (χ4n) is 3.37. The lowest BCUT2D eigenvalue weighted by atomic mass is 9.85. The summed E-state index contributed by atoms with van der Waals surface area (Å²) in [6, 6.07) is 2.15. The molecule has 158 valence electrons. The third kappa shape index (κ3) is 5.35. The number of hydrogen-bond acceptors (Lipinski definition) is 6. The molecule has 1 atom stereocenters. The number of aryl methyl sites for hydroxylation is 1. The third-order valence-corrected chi connectivity index (χ3v) is 4.58. The molecule has 0 bridgehead atoms. The summed E-state index contributed by atoms with van der Waals surface area (Å²) in [7, 11) is 1.54. The van der Waals surface area contributed by atoms with Gasteiger partial charge in [0.1, 0.15) is 5.76 Å². The van der Waals surface area contributed by atoms with Gasteiger partial charge in [-0.3, -0.25) is 9.79 Å². The Morgan fingerprint density at radius 3 is 2.70 bits per heavy atom. The molecule has 0 fully saturated rings. The van der Waals surface area contributed by atoms with E-state index in [-0.39, 0.29) is 6.42 Å². The molecule has 7 nitrogen and oxygen atoms in total. The maximum atomic E-state index is 12.1. The second-order valence-electron chi connectivity index (χ2n) is 7.10. The summed E-state index contributed by atoms with van der Waals surface area (Å²) in [4.78, 5) is 21.3. The van der Waals surface area contributed by atoms with Gasteiger partial charge in [0.25, 0.3) is 0 Å². The third-order valence-electron chi connectivity index (χ3n) is 4.58. The number of carbonyl (C=O) groups excluding carboxylic acids is 1. The number of nitriles is 1. The second kappa shape index (κ2) is 10.4. The predicted octanol–water partition coefficient (Wildman–Crippen LogP) is 4.17. The Labute approximate surface area is 177 Å². The van der Waals surface area contributed by atoms with Gasteiger partial charge in [-0.1, -0.05) is 12.2 Å². The fourth-order valence-corrected chi connectivity index (χ4v) is 3.37. The van der Waals surface area contributed by atoms with Crippen molar-refractivity contribution in [3.05, 3.63) is 52.5 Å². The SMILES string of the molecule is CCOc1ncc(C)c(N=C(C)C)c1C(CC(N)=O)C1=CCC=C(C#N)C=C1OC. The van der Waals surface area contributed by atoms with E-state index >= 15 is 0 Å². The standard InChI is InChI=1S/C23H28N4O3/c1-6-30-23-21(22(27-14(2)3)15(4)13-26-23)18(11-20(25)28)17-9-7-8-16(12-24)10-19(17)29-5/h8-10,13,18H,6-7,11H2,1-5H3,(H2,25,28). The molecule has 0 aromatic carbocycles. The van der Waals surface area contributed by atoms with E-state index in [1.807, 2.05) is 33.8 Å². The number of aromatic nitrogens is 1. The minimum Gasteiger partial charge on any atom is -0.496 e. The van der Waals surface area contributed by atoms with E-state index < -0.39 is 11.8 Å². The molecule has 0 spiro atoms. The van der Waals surface area contributed by atoms with Crippen molar-refractivity contribution < 1.29 is 14.3 Å². The number of primary amides is 1. The average Bonchev–Trinajstić information content (AvgIpc) is 2.90. The van der Waals surface area contributed by atoms with Crippen LogP contribution >= 0.6 is 0 Å². The van der Waals surface area contributed by atoms with Crippen LogP contribution < -0.4 is 10.5 Å². The van der Waals surface area contributed by atoms with Gasteiger partial charge in [0.15, 0.2) is 0 Å². The quantitative estimate of drug-likeness (QED) is 0.649. The first-order chi connectivity index (χ1) is 14.3. The largest absolute Gasteiger partial charge is 0.496 e. The summed E-state index contributed by atoms with van der Waals surface area (Å²) in [5.41, 5.74) is 9.99. The minimum absolute atomic E-state index is 0.0188. The van der Waals surface area contributed by atoms with Crippen molar-refractivity contribution in [2.24, 2.45) is 10.7 Å². The zero-order valence-corrected chi connectivity index (χ0v) is 18.2. The van der Waals surface area contributed by atoms with Gasteiger partial charge in [0.05, 0.1) is 31.0 Å². The van der Waals surface area contributed by atoms with Crippen LogP contribution in [0.15, 0.2) is 46.3 Å². The van der Waals surface area contributed by atoms with Crippen LogP contribution in [0.4, 0.5) is 5.69 Å². The Balaban J connectivity index is 2.81. The first kappa shape index (κ1) is 22.9. The summed E-state index contributed by atoms with van der Waals surface area (Å²) in [5.74, 6) is -0.0598. The smallest absolute Gasteiger partial charge is 0.219 e. The van der Waals surface area contributed by atoms with Crippen molar-refractivity contribution in [3.8, 4) is 11.9 Å². The number of pyridine rings is 1. The molecule has 1 aromatic rings. The molecule has 0 radical (unpaired) electrons. The molecule has 0 aliphatic heterocycles. The molecule has 1 aromatic heterocycles. The molecule has 7 heteroatoms. The summed E-state index contributed by atoms with van der Waals surface area (Å²) >= 11 is 0. The van der Waals surface area contributed by atoms with E-state index in [9.17, 15) is 10.1 Å². The molecule has 1 aliphatic carbocycles. The second-order valence-corrected chi connectivity index (χ2v) is 7.10. The van der Waals surface area contributed by atoms with Gasteiger partial charge >= 0.3 is 0 Å². The molecule has 2 rings (SSSR count). The molecule has 1 aliphatic rings. The number of nitrogens with two attached hydrogens (primary N) is 1. The summed E-state index contributed by atoms with van der Waals surface area (Å²) < 4.78 is 11.4. The van der Waals surface area contributed by atoms with E-state index in [1.54, 1.807) is 18.3 Å². The highest BCUT2D eigenvalue weighted by Crippen LogP contribution is 2.44. The first-order valence-corrected chi connectivity index (χ1v) is 9.81. The van der Waals surface area contributed by atoms with E-state index in [4.69, 9.17) is 20.2 Å². The number of ether oxygens (including phenoxy) is 2. The Morgan fingerprint density at radius 2 is 2.13 bits per heavy atom. The molecule has 2 N–H and O–H groups in total. The minimum atomic E-state index is -0.493. The monoisotopic (exact) mass is 408 g/mol. The van der Waals surface area contributed by atoms with Crippen LogP contribution in [-0.2, 0) is 9.53 Å². The first-order valence-electron chi connectivity index (χ1n) is 9.81. The lowest BCUT2D eigenvalue weighted by Crippen LogP contribution is -2.19. The molecule has 1 unspecified atom stereocenters. The molecule has 0 saturated carbocycles. The molecule has 1 amide bonds. The van der Waals surface area contributed by atoms with Crippen LogP contribution in [0.3, 0.4) is 0 Å². The van der Waals surface area contributed by atoms with Gasteiger partial charge in [-0.25, -0.2) is 4.98 Å². The van der Waals surface area contributed by atoms with E-state index in [0.717, 1.165) is 16.8 Å². The van der Waals surface area contributed by atoms with Gasteiger partial charge in [-0.2, -0.15) is 5.26 Å². The zero-order chi connectivity index (χ0) is 22.3. The fraction of sp³-hybridized carbons (Fsp3) is 0.391. The lowest BCUT2D eigenvalue weighted by Gasteiger charge is -2.25. The number of allylic oxidation sites excluding steroid dienone is 5. The summed E-state index contributed by atoms with van der Waals surface area (Å²) in [5, 5.41) is 9.35. The Kier molecular flexibility index (Phi) is 7.93. The van der Waals surface area contributed by atoms with Crippen molar-refractivity contribution in [1.82, 2.24) is 4.98 Å². The van der Waals surface area contributed by atoms with Gasteiger partial charge in [0.2, 0.25) is 11.8 Å². The maximum Gasteiger partial charge on any atom is 0.219 e. The van der Waals surface area contributed by atoms with Gasteiger partial charge in [0, 0.05) is 29.8 Å². The number of rotatable bonds is 8. The topological polar surface area (TPSA) is 111 Å². The normalized spacial score (nSPS) is 14.3. The van der Waals surface area contributed by atoms with Crippen LogP contribution in [-0.4, -0.2) is 30.3 Å². The van der Waals surface area contributed by atoms with Crippen LogP contribution in [0, 0.1) is 18.3 Å². The number of hydrogen-bond donors (Lipinski definition) is 1. The number of methoxy groups -OCH3 is 1. The summed E-state index contributed by atoms with van der Waals surface area (Å²) in [6.45, 7) is 8.01. The Morgan fingerprint density at radius 1 is 1.40 bits per heavy atom. The van der Waals surface area contributed by atoms with Crippen molar-refractivity contribution in [2.75, 3.05) is 13.7 Å². The zero-order valence-electron chi connectivity index (χ0n) is 18.2. The number of aliphatic imine (C=N–C) groups is 1. The highest BCUT2D eigenvalue weighted by Gasteiger charge is 2.30. The van der Waals surface area contributed by atoms with E-state index in [0.29, 0.717) is 41.5 Å². The molecular weight excluding hydrogens is 380 g/mol. The summed E-state index contributed by atoms with van der Waals surface area (Å²) in [6.07, 6.45) is 7.67. The van der Waals surface area contributed by atoms with Crippen LogP contribution in [0.1, 0.15) is 50.7 Å². The average molecular weight is 409 g/mol. The number of carbonyl (C=O) groups is 1. The van der Waals surface area contributed by atoms with Crippen molar-refractivity contribution >= 4 is 17.3 Å².